The van der Waals surface area contributed by atoms with Gasteiger partial charge in [0.15, 0.2) is 0 Å². The van der Waals surface area contributed by atoms with E-state index in [4.69, 9.17) is 4.74 Å². The Hall–Kier alpha value is -1.05. The molecule has 0 N–H and O–H groups in total. The summed E-state index contributed by atoms with van der Waals surface area (Å²) in [5.41, 5.74) is 0. The molecular formula is C7H7NO. The van der Waals surface area contributed by atoms with Crippen molar-refractivity contribution in [3.05, 3.63) is 24.3 Å². The van der Waals surface area contributed by atoms with Crippen LogP contribution in [-0.4, -0.2) is 6.21 Å². The van der Waals surface area contributed by atoms with Gasteiger partial charge in [0, 0.05) is 12.1 Å². The summed E-state index contributed by atoms with van der Waals surface area (Å²) in [6.45, 7) is 0. The molecule has 2 nitrogen and oxygen atoms in total. The van der Waals surface area contributed by atoms with Crippen LogP contribution in [0.5, 0.6) is 0 Å². The third-order valence-corrected chi connectivity index (χ3v) is 1.55. The standard InChI is InChI=1S/C7H7NO/c1-3-8-5-7-6(1)2-4-9-7/h2-6H,1H2. The summed E-state index contributed by atoms with van der Waals surface area (Å²) in [5, 5.41) is 0. The van der Waals surface area contributed by atoms with Crippen molar-refractivity contribution in [1.29, 1.82) is 0 Å². The van der Waals surface area contributed by atoms with Crippen LogP contribution in [0.25, 0.3) is 0 Å². The highest BCUT2D eigenvalue weighted by Crippen LogP contribution is 2.25. The molecular weight excluding hydrogens is 114 g/mol. The average molecular weight is 121 g/mol. The molecule has 0 radical (unpaired) electrons. The Kier molecular flexibility index (Phi) is 0.918. The molecule has 0 aromatic rings. The van der Waals surface area contributed by atoms with Crippen LogP contribution in [0.2, 0.25) is 0 Å². The van der Waals surface area contributed by atoms with Crippen LogP contribution in [0.1, 0.15) is 6.42 Å². The minimum atomic E-state index is 0.475. The molecule has 0 aromatic heterocycles. The lowest BCUT2D eigenvalue weighted by atomic mass is 10.0. The molecule has 0 aliphatic carbocycles. The molecule has 0 fully saturated rings. The zero-order valence-corrected chi connectivity index (χ0v) is 4.95. The topological polar surface area (TPSA) is 21.6 Å². The van der Waals surface area contributed by atoms with Crippen molar-refractivity contribution in [3.63, 3.8) is 0 Å². The lowest BCUT2D eigenvalue weighted by molar-refractivity contribution is 0.341. The first-order valence-electron chi connectivity index (χ1n) is 3.02. The monoisotopic (exact) mass is 121 g/mol. The quantitative estimate of drug-likeness (QED) is 0.475. The van der Waals surface area contributed by atoms with E-state index in [9.17, 15) is 0 Å². The van der Waals surface area contributed by atoms with Crippen molar-refractivity contribution >= 4 is 6.21 Å². The van der Waals surface area contributed by atoms with Crippen molar-refractivity contribution < 1.29 is 4.74 Å². The first-order chi connectivity index (χ1) is 4.47. The van der Waals surface area contributed by atoms with E-state index >= 15 is 0 Å². The van der Waals surface area contributed by atoms with Gasteiger partial charge in [-0.1, -0.05) is 0 Å². The zero-order chi connectivity index (χ0) is 6.10. The molecule has 1 unspecified atom stereocenters. The number of nitrogens with zero attached hydrogens (tertiary/aromatic N) is 1. The molecule has 2 heterocycles. The van der Waals surface area contributed by atoms with Crippen molar-refractivity contribution in [3.8, 4) is 0 Å². The Morgan fingerprint density at radius 3 is 3.56 bits per heavy atom. The van der Waals surface area contributed by atoms with Crippen LogP contribution in [0.15, 0.2) is 29.3 Å². The number of rotatable bonds is 0. The highest BCUT2D eigenvalue weighted by molar-refractivity contribution is 5.61. The third-order valence-electron chi connectivity index (χ3n) is 1.55. The van der Waals surface area contributed by atoms with Gasteiger partial charge in [-0.15, -0.1) is 0 Å². The lowest BCUT2D eigenvalue weighted by Gasteiger charge is -2.07. The van der Waals surface area contributed by atoms with Gasteiger partial charge in [0.05, 0.1) is 12.5 Å². The second-order valence-corrected chi connectivity index (χ2v) is 2.15. The molecule has 0 amide bonds. The van der Waals surface area contributed by atoms with Crippen LogP contribution in [-0.2, 0) is 4.74 Å². The molecule has 2 aliphatic rings. The molecule has 0 aromatic carbocycles. The lowest BCUT2D eigenvalue weighted by Crippen LogP contribution is -2.00. The van der Waals surface area contributed by atoms with Gasteiger partial charge in [0.2, 0.25) is 0 Å². The van der Waals surface area contributed by atoms with E-state index in [0.717, 1.165) is 12.2 Å². The van der Waals surface area contributed by atoms with Crippen molar-refractivity contribution in [2.45, 2.75) is 6.42 Å². The van der Waals surface area contributed by atoms with Crippen molar-refractivity contribution in [2.24, 2.45) is 10.9 Å². The molecule has 9 heavy (non-hydrogen) atoms. The van der Waals surface area contributed by atoms with Crippen molar-refractivity contribution in [1.82, 2.24) is 0 Å². The first kappa shape index (κ1) is 4.79. The summed E-state index contributed by atoms with van der Waals surface area (Å²) in [7, 11) is 0. The largest absolute Gasteiger partial charge is 0.467 e. The van der Waals surface area contributed by atoms with E-state index in [1.165, 1.54) is 0 Å². The van der Waals surface area contributed by atoms with Gasteiger partial charge in [-0.2, -0.15) is 0 Å². The molecule has 2 rings (SSSR count). The van der Waals surface area contributed by atoms with Gasteiger partial charge in [0.1, 0.15) is 5.76 Å². The van der Waals surface area contributed by atoms with E-state index in [0.29, 0.717) is 5.92 Å². The molecule has 0 spiro atoms. The maximum atomic E-state index is 5.12. The summed E-state index contributed by atoms with van der Waals surface area (Å²) in [5.74, 6) is 1.46. The number of hydrogen-bond acceptors (Lipinski definition) is 2. The number of allylic oxidation sites excluding steroid dienone is 1. The summed E-state index contributed by atoms with van der Waals surface area (Å²) in [6, 6.07) is 0. The predicted octanol–water partition coefficient (Wildman–Crippen LogP) is 1.46. The third kappa shape index (κ3) is 0.669. The number of hydrogen-bond donors (Lipinski definition) is 0. The van der Waals surface area contributed by atoms with Crippen LogP contribution < -0.4 is 0 Å². The highest BCUT2D eigenvalue weighted by Gasteiger charge is 2.17. The summed E-state index contributed by atoms with van der Waals surface area (Å²) < 4.78 is 5.12. The summed E-state index contributed by atoms with van der Waals surface area (Å²) in [4.78, 5) is 3.97. The van der Waals surface area contributed by atoms with Gasteiger partial charge in [0.25, 0.3) is 0 Å². The normalized spacial score (nSPS) is 29.3. The number of ether oxygens (including phenoxy) is 1. The Bertz CT molecular complexity index is 203. The SMILES string of the molecule is C1=CC2CC=NC=C2O1. The Labute approximate surface area is 53.5 Å². The summed E-state index contributed by atoms with van der Waals surface area (Å²) in [6.07, 6.45) is 8.45. The minimum absolute atomic E-state index is 0.475. The maximum absolute atomic E-state index is 5.12. The molecule has 2 aliphatic heterocycles. The van der Waals surface area contributed by atoms with Crippen molar-refractivity contribution in [2.75, 3.05) is 0 Å². The first-order valence-corrected chi connectivity index (χ1v) is 3.02. The predicted molar refractivity (Wildman–Crippen MR) is 34.9 cm³/mol. The van der Waals surface area contributed by atoms with E-state index in [1.807, 2.05) is 6.21 Å². The second kappa shape index (κ2) is 1.72. The molecule has 1 atom stereocenters. The van der Waals surface area contributed by atoms with Gasteiger partial charge < -0.3 is 4.74 Å². The number of aliphatic imine (C=N–C) groups is 1. The fraction of sp³-hybridized carbons (Fsp3) is 0.286. The highest BCUT2D eigenvalue weighted by atomic mass is 16.5. The maximum Gasteiger partial charge on any atom is 0.129 e. The number of fused-ring (bicyclic) bond motifs is 1. The van der Waals surface area contributed by atoms with E-state index in [1.54, 1.807) is 12.5 Å². The molecule has 0 bridgehead atoms. The van der Waals surface area contributed by atoms with E-state index in [2.05, 4.69) is 11.1 Å². The van der Waals surface area contributed by atoms with Crippen LogP contribution >= 0.6 is 0 Å². The van der Waals surface area contributed by atoms with Crippen LogP contribution in [0.4, 0.5) is 0 Å². The fourth-order valence-corrected chi connectivity index (χ4v) is 1.02. The smallest absolute Gasteiger partial charge is 0.129 e. The van der Waals surface area contributed by atoms with Crippen LogP contribution in [0, 0.1) is 5.92 Å². The van der Waals surface area contributed by atoms with Crippen LogP contribution in [0.3, 0.4) is 0 Å². The van der Waals surface area contributed by atoms with Gasteiger partial charge in [-0.25, -0.2) is 0 Å². The van der Waals surface area contributed by atoms with Gasteiger partial charge in [-0.3, -0.25) is 4.99 Å². The summed E-state index contributed by atoms with van der Waals surface area (Å²) >= 11 is 0. The molecule has 0 saturated heterocycles. The van der Waals surface area contributed by atoms with E-state index in [-0.39, 0.29) is 0 Å². The molecule has 0 saturated carbocycles. The Morgan fingerprint density at radius 2 is 2.67 bits per heavy atom. The minimum Gasteiger partial charge on any atom is -0.467 e. The molecule has 46 valence electrons. The molecule has 2 heteroatoms. The Morgan fingerprint density at radius 1 is 1.67 bits per heavy atom. The van der Waals surface area contributed by atoms with E-state index < -0.39 is 0 Å². The second-order valence-electron chi connectivity index (χ2n) is 2.15. The Balaban J connectivity index is 2.29. The fourth-order valence-electron chi connectivity index (χ4n) is 1.02. The average Bonchev–Trinajstić information content (AvgIpc) is 2.33. The van der Waals surface area contributed by atoms with Gasteiger partial charge >= 0.3 is 0 Å². The van der Waals surface area contributed by atoms with Gasteiger partial charge in [-0.05, 0) is 12.5 Å². The zero-order valence-electron chi connectivity index (χ0n) is 4.95.